The number of hydrogen-bond donors (Lipinski definition) is 3. The van der Waals surface area contributed by atoms with Gasteiger partial charge in [-0.3, -0.25) is 4.79 Å². The van der Waals surface area contributed by atoms with Gasteiger partial charge in [-0.25, -0.2) is 13.6 Å². The highest BCUT2D eigenvalue weighted by Crippen LogP contribution is 2.21. The number of nitrogens with one attached hydrogen (secondary N) is 2. The zero-order valence-electron chi connectivity index (χ0n) is 13.8. The number of sulfonamides is 1. The van der Waals surface area contributed by atoms with Crippen LogP contribution >= 0.6 is 11.8 Å². The normalized spacial score (nSPS) is 19.2. The second kappa shape index (κ2) is 8.84. The van der Waals surface area contributed by atoms with Gasteiger partial charge in [0.2, 0.25) is 15.9 Å². The Bertz CT molecular complexity index is 641. The third-order valence-corrected chi connectivity index (χ3v) is 6.25. The van der Waals surface area contributed by atoms with E-state index in [0.717, 1.165) is 18.5 Å². The second-order valence-corrected chi connectivity index (χ2v) is 8.61. The van der Waals surface area contributed by atoms with Gasteiger partial charge in [0, 0.05) is 24.3 Å². The van der Waals surface area contributed by atoms with Gasteiger partial charge in [0.1, 0.15) is 0 Å². The Morgan fingerprint density at radius 3 is 2.67 bits per heavy atom. The highest BCUT2D eigenvalue weighted by atomic mass is 32.2. The quantitative estimate of drug-likeness (QED) is 0.629. The molecule has 2 rings (SSSR count). The third kappa shape index (κ3) is 5.77. The fraction of sp³-hybridized carbons (Fsp3) is 0.562. The number of rotatable bonds is 8. The standard InChI is InChI=1S/C16H25N3O3S2/c1-23-15(14-3-2-9-18-14)11-16(20)19-10-8-12-4-6-13(7-5-12)24(17,21)22/h4-7,14-15,18H,2-3,8-11H2,1H3,(H,19,20)(H2,17,21,22). The predicted octanol–water partition coefficient (Wildman–Crippen LogP) is 0.866. The fourth-order valence-electron chi connectivity index (χ4n) is 2.87. The van der Waals surface area contributed by atoms with Gasteiger partial charge in [-0.15, -0.1) is 0 Å². The summed E-state index contributed by atoms with van der Waals surface area (Å²) in [5.74, 6) is 0.0595. The van der Waals surface area contributed by atoms with Crippen molar-refractivity contribution in [3.8, 4) is 0 Å². The average Bonchev–Trinajstić information content (AvgIpc) is 3.06. The van der Waals surface area contributed by atoms with E-state index >= 15 is 0 Å². The molecule has 1 aliphatic rings. The Morgan fingerprint density at radius 1 is 1.42 bits per heavy atom. The minimum Gasteiger partial charge on any atom is -0.356 e. The van der Waals surface area contributed by atoms with E-state index in [1.165, 1.54) is 18.6 Å². The number of amides is 1. The van der Waals surface area contributed by atoms with Gasteiger partial charge in [0.05, 0.1) is 4.90 Å². The molecule has 0 saturated carbocycles. The highest BCUT2D eigenvalue weighted by Gasteiger charge is 2.25. The van der Waals surface area contributed by atoms with Crippen molar-refractivity contribution >= 4 is 27.7 Å². The van der Waals surface area contributed by atoms with Crippen molar-refractivity contribution in [3.63, 3.8) is 0 Å². The third-order valence-electron chi connectivity index (χ3n) is 4.22. The van der Waals surface area contributed by atoms with Crippen LogP contribution in [0.5, 0.6) is 0 Å². The van der Waals surface area contributed by atoms with E-state index in [-0.39, 0.29) is 10.8 Å². The topological polar surface area (TPSA) is 101 Å². The molecule has 1 fully saturated rings. The van der Waals surface area contributed by atoms with Crippen LogP contribution in [-0.4, -0.2) is 45.0 Å². The molecule has 1 heterocycles. The van der Waals surface area contributed by atoms with Gasteiger partial charge < -0.3 is 10.6 Å². The SMILES string of the molecule is CSC(CC(=O)NCCc1ccc(S(N)(=O)=O)cc1)C1CCCN1. The Balaban J connectivity index is 1.75. The zero-order chi connectivity index (χ0) is 17.6. The summed E-state index contributed by atoms with van der Waals surface area (Å²) >= 11 is 1.74. The van der Waals surface area contributed by atoms with Crippen LogP contribution in [0.2, 0.25) is 0 Å². The van der Waals surface area contributed by atoms with Crippen LogP contribution in [0.15, 0.2) is 29.2 Å². The molecule has 1 aromatic rings. The van der Waals surface area contributed by atoms with Gasteiger partial charge in [0.25, 0.3) is 0 Å². The molecule has 1 aliphatic heterocycles. The molecule has 0 aliphatic carbocycles. The summed E-state index contributed by atoms with van der Waals surface area (Å²) in [7, 11) is -3.66. The first kappa shape index (κ1) is 19.2. The molecule has 0 bridgehead atoms. The molecule has 0 aromatic heterocycles. The lowest BCUT2D eigenvalue weighted by Crippen LogP contribution is -2.37. The molecule has 1 amide bonds. The van der Waals surface area contributed by atoms with Crippen LogP contribution in [-0.2, 0) is 21.2 Å². The summed E-state index contributed by atoms with van der Waals surface area (Å²) in [5.41, 5.74) is 0.960. The monoisotopic (exact) mass is 371 g/mol. The van der Waals surface area contributed by atoms with Crippen LogP contribution in [0.4, 0.5) is 0 Å². The van der Waals surface area contributed by atoms with Crippen molar-refractivity contribution in [1.82, 2.24) is 10.6 Å². The summed E-state index contributed by atoms with van der Waals surface area (Å²) in [6.45, 7) is 1.57. The number of carbonyl (C=O) groups is 1. The fourth-order valence-corrected chi connectivity index (χ4v) is 4.26. The van der Waals surface area contributed by atoms with Crippen LogP contribution in [0, 0.1) is 0 Å². The summed E-state index contributed by atoms with van der Waals surface area (Å²) in [4.78, 5) is 12.2. The van der Waals surface area contributed by atoms with E-state index in [1.807, 2.05) is 6.26 Å². The molecular weight excluding hydrogens is 346 g/mol. The maximum absolute atomic E-state index is 12.1. The van der Waals surface area contributed by atoms with E-state index in [0.29, 0.717) is 30.7 Å². The maximum atomic E-state index is 12.1. The largest absolute Gasteiger partial charge is 0.356 e. The Morgan fingerprint density at radius 2 is 2.12 bits per heavy atom. The molecule has 6 nitrogen and oxygen atoms in total. The maximum Gasteiger partial charge on any atom is 0.238 e. The molecule has 1 saturated heterocycles. The van der Waals surface area contributed by atoms with Crippen LogP contribution in [0.25, 0.3) is 0 Å². The van der Waals surface area contributed by atoms with Gasteiger partial charge in [-0.05, 0) is 49.8 Å². The Hall–Kier alpha value is -1.09. The minimum absolute atomic E-state index is 0.0595. The molecule has 134 valence electrons. The van der Waals surface area contributed by atoms with Crippen molar-refractivity contribution in [1.29, 1.82) is 0 Å². The predicted molar refractivity (Wildman–Crippen MR) is 97.5 cm³/mol. The van der Waals surface area contributed by atoms with E-state index in [1.54, 1.807) is 23.9 Å². The van der Waals surface area contributed by atoms with Crippen molar-refractivity contribution < 1.29 is 13.2 Å². The van der Waals surface area contributed by atoms with Gasteiger partial charge in [-0.1, -0.05) is 12.1 Å². The first-order valence-corrected chi connectivity index (χ1v) is 10.9. The molecule has 24 heavy (non-hydrogen) atoms. The molecule has 2 atom stereocenters. The minimum atomic E-state index is -3.66. The van der Waals surface area contributed by atoms with E-state index in [2.05, 4.69) is 10.6 Å². The van der Waals surface area contributed by atoms with Crippen molar-refractivity contribution in [2.24, 2.45) is 5.14 Å². The molecular formula is C16H25N3O3S2. The van der Waals surface area contributed by atoms with Crippen molar-refractivity contribution in [2.45, 2.75) is 41.9 Å². The summed E-state index contributed by atoms with van der Waals surface area (Å²) in [6.07, 6.45) is 5.53. The molecule has 2 unspecified atom stereocenters. The molecule has 4 N–H and O–H groups in total. The second-order valence-electron chi connectivity index (χ2n) is 5.97. The van der Waals surface area contributed by atoms with Gasteiger partial charge >= 0.3 is 0 Å². The number of hydrogen-bond acceptors (Lipinski definition) is 5. The van der Waals surface area contributed by atoms with E-state index < -0.39 is 10.0 Å². The lowest BCUT2D eigenvalue weighted by molar-refractivity contribution is -0.121. The summed E-state index contributed by atoms with van der Waals surface area (Å²) < 4.78 is 22.4. The zero-order valence-corrected chi connectivity index (χ0v) is 15.5. The molecule has 1 aromatic carbocycles. The van der Waals surface area contributed by atoms with E-state index in [9.17, 15) is 13.2 Å². The molecule has 8 heteroatoms. The van der Waals surface area contributed by atoms with Gasteiger partial charge in [-0.2, -0.15) is 11.8 Å². The summed E-state index contributed by atoms with van der Waals surface area (Å²) in [6, 6.07) is 6.85. The average molecular weight is 372 g/mol. The number of nitrogens with two attached hydrogens (primary N) is 1. The van der Waals surface area contributed by atoms with Crippen LogP contribution in [0.3, 0.4) is 0 Å². The number of carbonyl (C=O) groups excluding carboxylic acids is 1. The number of primary sulfonamides is 1. The van der Waals surface area contributed by atoms with E-state index in [4.69, 9.17) is 5.14 Å². The lowest BCUT2D eigenvalue weighted by atomic mass is 10.1. The summed E-state index contributed by atoms with van der Waals surface area (Å²) in [5, 5.41) is 11.8. The Labute approximate surface area is 148 Å². The van der Waals surface area contributed by atoms with Crippen LogP contribution in [0.1, 0.15) is 24.8 Å². The smallest absolute Gasteiger partial charge is 0.238 e. The lowest BCUT2D eigenvalue weighted by Gasteiger charge is -2.21. The van der Waals surface area contributed by atoms with Crippen molar-refractivity contribution in [2.75, 3.05) is 19.3 Å². The molecule has 0 radical (unpaired) electrons. The number of thioether (sulfide) groups is 1. The first-order chi connectivity index (χ1) is 11.4. The number of benzene rings is 1. The first-order valence-electron chi connectivity index (χ1n) is 8.05. The van der Waals surface area contributed by atoms with Crippen molar-refractivity contribution in [3.05, 3.63) is 29.8 Å². The highest BCUT2D eigenvalue weighted by molar-refractivity contribution is 7.99. The van der Waals surface area contributed by atoms with Gasteiger partial charge in [0.15, 0.2) is 0 Å². The Kier molecular flexibility index (Phi) is 7.09. The molecule has 0 spiro atoms. The van der Waals surface area contributed by atoms with Crippen LogP contribution < -0.4 is 15.8 Å².